The fourth-order valence-corrected chi connectivity index (χ4v) is 8.91. The summed E-state index contributed by atoms with van der Waals surface area (Å²) in [5.41, 5.74) is 4.09. The molecule has 0 unspecified atom stereocenters. The molecule has 0 atom stereocenters. The zero-order valence-corrected chi connectivity index (χ0v) is 30.1. The number of amides is 1. The molecule has 1 aliphatic heterocycles. The van der Waals surface area contributed by atoms with Gasteiger partial charge in [-0.25, -0.2) is 13.9 Å². The quantitative estimate of drug-likeness (QED) is 0.0826. The van der Waals surface area contributed by atoms with Crippen LogP contribution >= 0.6 is 0 Å². The topological polar surface area (TPSA) is 188 Å². The fourth-order valence-electron chi connectivity index (χ4n) is 6.96. The second-order valence-electron chi connectivity index (χ2n) is 13.4. The molecule has 270 valence electrons. The van der Waals surface area contributed by atoms with Crippen molar-refractivity contribution in [1.29, 1.82) is 0 Å². The Kier molecular flexibility index (Phi) is 11.5. The van der Waals surface area contributed by atoms with Gasteiger partial charge in [0.25, 0.3) is 5.91 Å². The van der Waals surface area contributed by atoms with Crippen LogP contribution in [-0.2, 0) is 53.2 Å². The molecule has 16 nitrogen and oxygen atoms in total. The number of sulfone groups is 1. The van der Waals surface area contributed by atoms with Crippen LogP contribution in [0.2, 0.25) is 0 Å². The third-order valence-electron chi connectivity index (χ3n) is 9.63. The van der Waals surface area contributed by atoms with Gasteiger partial charge in [0.15, 0.2) is 14.6 Å². The summed E-state index contributed by atoms with van der Waals surface area (Å²) in [6.45, 7) is 2.80. The number of nitrogens with zero attached hydrogens (tertiary/aromatic N) is 10. The Morgan fingerprint density at radius 2 is 1.23 bits per heavy atom. The molecule has 0 bridgehead atoms. The number of benzene rings is 2. The van der Waals surface area contributed by atoms with E-state index in [1.54, 1.807) is 36.2 Å². The number of aromatic nitrogens is 9. The maximum Gasteiger partial charge on any atom is 0.265 e. The summed E-state index contributed by atoms with van der Waals surface area (Å²) in [4.78, 5) is 15.4. The number of carbonyl (C=O) groups excluding carboxylic acids is 1. The molecule has 1 aliphatic rings. The molecular formula is C33H38B3N11O5S. The Bertz CT molecular complexity index is 1990. The van der Waals surface area contributed by atoms with Gasteiger partial charge < -0.3 is 9.64 Å². The number of piperidine rings is 1. The summed E-state index contributed by atoms with van der Waals surface area (Å²) in [6, 6.07) is 13.4. The van der Waals surface area contributed by atoms with E-state index in [1.807, 2.05) is 31.2 Å². The van der Waals surface area contributed by atoms with Gasteiger partial charge in [-0.2, -0.15) is 0 Å². The molecule has 53 heavy (non-hydrogen) atoms. The van der Waals surface area contributed by atoms with Crippen molar-refractivity contribution in [2.45, 2.75) is 68.0 Å². The number of hydrogen-bond donors (Lipinski definition) is 2. The summed E-state index contributed by atoms with van der Waals surface area (Å²) >= 11 is 0. The molecule has 3 aromatic heterocycles. The van der Waals surface area contributed by atoms with E-state index in [0.717, 1.165) is 5.56 Å². The van der Waals surface area contributed by atoms with E-state index in [0.29, 0.717) is 54.4 Å². The fraction of sp³-hybridized carbons (Fsp3) is 0.424. The van der Waals surface area contributed by atoms with Crippen molar-refractivity contribution in [3.63, 3.8) is 0 Å². The predicted octanol–water partition coefficient (Wildman–Crippen LogP) is 0.768. The lowest BCUT2D eigenvalue weighted by molar-refractivity contribution is -0.133. The van der Waals surface area contributed by atoms with E-state index in [2.05, 4.69) is 35.8 Å². The van der Waals surface area contributed by atoms with Crippen molar-refractivity contribution < 1.29 is 23.2 Å². The van der Waals surface area contributed by atoms with Crippen molar-refractivity contribution >= 4 is 39.3 Å². The van der Waals surface area contributed by atoms with Crippen molar-refractivity contribution in [2.75, 3.05) is 19.6 Å². The lowest BCUT2D eigenvalue weighted by Crippen LogP contribution is -2.59. The van der Waals surface area contributed by atoms with Crippen LogP contribution in [0.15, 0.2) is 72.0 Å². The first kappa shape index (κ1) is 37.9. The Balaban J connectivity index is 1.28. The largest absolute Gasteiger partial charge is 0.457 e. The van der Waals surface area contributed by atoms with E-state index in [4.69, 9.17) is 28.3 Å². The van der Waals surface area contributed by atoms with Gasteiger partial charge >= 0.3 is 0 Å². The second-order valence-corrected chi connectivity index (χ2v) is 15.7. The maximum absolute atomic E-state index is 14.3. The average molecular weight is 733 g/mol. The molecule has 5 aromatic rings. The number of hydroxylamine groups is 1. The van der Waals surface area contributed by atoms with Gasteiger partial charge in [0, 0.05) is 82.2 Å². The Morgan fingerprint density at radius 1 is 0.792 bits per heavy atom. The highest BCUT2D eigenvalue weighted by atomic mass is 32.2. The molecular weight excluding hydrogens is 695 g/mol. The third-order valence-corrected chi connectivity index (χ3v) is 12.1. The van der Waals surface area contributed by atoms with Gasteiger partial charge in [-0.15, -0.1) is 15.3 Å². The average Bonchev–Trinajstić information content (AvgIpc) is 3.94. The second kappa shape index (κ2) is 16.1. The molecule has 0 spiro atoms. The van der Waals surface area contributed by atoms with Crippen molar-refractivity contribution in [3.8, 4) is 11.5 Å². The molecule has 1 amide bonds. The minimum Gasteiger partial charge on any atom is -0.457 e. The first-order valence-electron chi connectivity index (χ1n) is 17.0. The minimum atomic E-state index is -4.30. The van der Waals surface area contributed by atoms with E-state index in [-0.39, 0.29) is 50.2 Å². The summed E-state index contributed by atoms with van der Waals surface area (Å²) < 4.78 is 37.2. The first-order valence-corrected chi connectivity index (χ1v) is 18.5. The van der Waals surface area contributed by atoms with E-state index >= 15 is 0 Å². The number of aryl methyl sites for hydroxylation is 1. The van der Waals surface area contributed by atoms with Gasteiger partial charge in [-0.05, 0) is 56.2 Å². The number of rotatable bonds is 16. The van der Waals surface area contributed by atoms with Crippen molar-refractivity contribution in [1.82, 2.24) is 55.4 Å². The minimum absolute atomic E-state index is 0.0610. The zero-order valence-electron chi connectivity index (χ0n) is 29.3. The number of likely N-dealkylation sites (tertiary alicyclic amines) is 1. The Morgan fingerprint density at radius 3 is 1.62 bits per heavy atom. The number of nitrogens with one attached hydrogen (secondary N) is 1. The number of ether oxygens (including phenoxy) is 1. The standard InChI is InChI=1S/C33H38B3N11O5S/c1-24-2-4-28(5-3-24)52-29-6-8-30(9-7-29)53(50,51)33(31(48)40-49)10-12-44(13-11-33)20-32(14-25-17-45(21-34)41-37-25,15-26-18-46(22-35)42-38-26)16-27-19-47(23-36)43-39-27/h2-9,17-19,49H,10-16,20-23H2,1H3,(H,40,48). The van der Waals surface area contributed by atoms with Crippen LogP contribution < -0.4 is 10.2 Å². The van der Waals surface area contributed by atoms with Gasteiger partial charge in [0.1, 0.15) is 11.5 Å². The molecule has 4 heterocycles. The monoisotopic (exact) mass is 733 g/mol. The highest BCUT2D eigenvalue weighted by Crippen LogP contribution is 2.39. The normalized spacial score (nSPS) is 15.0. The molecule has 2 N–H and O–H groups in total. The van der Waals surface area contributed by atoms with Gasteiger partial charge in [-0.3, -0.25) is 24.0 Å². The van der Waals surface area contributed by atoms with Crippen LogP contribution in [0.1, 0.15) is 35.5 Å². The Labute approximate surface area is 311 Å². The molecule has 6 rings (SSSR count). The molecule has 0 saturated carbocycles. The molecule has 1 saturated heterocycles. The van der Waals surface area contributed by atoms with Crippen LogP contribution in [0.25, 0.3) is 0 Å². The highest BCUT2D eigenvalue weighted by molar-refractivity contribution is 7.93. The molecule has 2 aromatic carbocycles. The lowest BCUT2D eigenvalue weighted by Gasteiger charge is -2.43. The molecule has 1 fully saturated rings. The van der Waals surface area contributed by atoms with Crippen LogP contribution in [0, 0.1) is 12.3 Å². The van der Waals surface area contributed by atoms with Crippen molar-refractivity contribution in [2.24, 2.45) is 5.41 Å². The smallest absolute Gasteiger partial charge is 0.265 e. The van der Waals surface area contributed by atoms with Crippen LogP contribution in [0.5, 0.6) is 11.5 Å². The summed E-state index contributed by atoms with van der Waals surface area (Å²) in [6.07, 6.45) is 6.82. The van der Waals surface area contributed by atoms with Gasteiger partial charge in [0.05, 0.1) is 45.5 Å². The summed E-state index contributed by atoms with van der Waals surface area (Å²) in [7, 11) is 13.2. The van der Waals surface area contributed by atoms with Crippen molar-refractivity contribution in [3.05, 3.63) is 89.8 Å². The van der Waals surface area contributed by atoms with E-state index in [9.17, 15) is 18.4 Å². The molecule has 6 radical (unpaired) electrons. The van der Waals surface area contributed by atoms with Crippen LogP contribution in [-0.4, -0.2) is 117 Å². The predicted molar refractivity (Wildman–Crippen MR) is 194 cm³/mol. The Hall–Kier alpha value is -4.81. The van der Waals surface area contributed by atoms with E-state index < -0.39 is 25.9 Å². The third kappa shape index (κ3) is 8.39. The summed E-state index contributed by atoms with van der Waals surface area (Å²) in [5, 5.41) is 35.4. The molecule has 20 heteroatoms. The highest BCUT2D eigenvalue weighted by Gasteiger charge is 2.53. The summed E-state index contributed by atoms with van der Waals surface area (Å²) in [5.74, 6) is 0.0467. The van der Waals surface area contributed by atoms with Crippen LogP contribution in [0.4, 0.5) is 0 Å². The maximum atomic E-state index is 14.3. The zero-order chi connectivity index (χ0) is 37.6. The first-order chi connectivity index (χ1) is 25.5. The number of hydrogen-bond acceptors (Lipinski definition) is 12. The van der Waals surface area contributed by atoms with Crippen LogP contribution in [0.3, 0.4) is 0 Å². The number of carbonyl (C=O) groups is 1. The SMILES string of the molecule is [B]Cn1cc(CC(Cc2cn(C[B])nn2)(Cc2cn(C[B])nn2)CN2CCC(C(=O)NO)(S(=O)(=O)c3ccc(Oc4ccc(C)cc4)cc3)CC2)nn1. The van der Waals surface area contributed by atoms with E-state index in [1.165, 1.54) is 26.2 Å². The van der Waals surface area contributed by atoms with Gasteiger partial charge in [0.2, 0.25) is 0 Å². The van der Waals surface area contributed by atoms with Gasteiger partial charge in [-0.1, -0.05) is 33.3 Å². The molecule has 0 aliphatic carbocycles. The lowest BCUT2D eigenvalue weighted by atomic mass is 9.74.